The SMILES string of the molecule is C=CCN1CSCCC1=O. The van der Waals surface area contributed by atoms with Crippen molar-refractivity contribution in [3.63, 3.8) is 0 Å². The van der Waals surface area contributed by atoms with Crippen LogP contribution in [-0.2, 0) is 4.79 Å². The summed E-state index contributed by atoms with van der Waals surface area (Å²) in [5.74, 6) is 2.08. The Morgan fingerprint density at radius 1 is 1.80 bits per heavy atom. The third-order valence-corrected chi connectivity index (χ3v) is 2.40. The van der Waals surface area contributed by atoms with E-state index >= 15 is 0 Å². The van der Waals surface area contributed by atoms with E-state index in [0.29, 0.717) is 13.0 Å². The van der Waals surface area contributed by atoms with Gasteiger partial charge in [-0.1, -0.05) is 6.08 Å². The lowest BCUT2D eigenvalue weighted by molar-refractivity contribution is -0.129. The fraction of sp³-hybridized carbons (Fsp3) is 0.571. The second-order valence-electron chi connectivity index (χ2n) is 2.19. The molecule has 1 rings (SSSR count). The highest BCUT2D eigenvalue weighted by atomic mass is 32.2. The van der Waals surface area contributed by atoms with Gasteiger partial charge >= 0.3 is 0 Å². The van der Waals surface area contributed by atoms with Crippen LogP contribution in [0.1, 0.15) is 6.42 Å². The average Bonchev–Trinajstić information content (AvgIpc) is 1.94. The molecule has 1 aliphatic heterocycles. The molecule has 1 amide bonds. The van der Waals surface area contributed by atoms with Crippen molar-refractivity contribution in [2.45, 2.75) is 6.42 Å². The van der Waals surface area contributed by atoms with Gasteiger partial charge in [-0.25, -0.2) is 0 Å². The molecule has 2 nitrogen and oxygen atoms in total. The topological polar surface area (TPSA) is 20.3 Å². The summed E-state index contributed by atoms with van der Waals surface area (Å²) < 4.78 is 0. The van der Waals surface area contributed by atoms with Crippen molar-refractivity contribution < 1.29 is 4.79 Å². The molecule has 1 saturated heterocycles. The standard InChI is InChI=1S/C7H11NOS/c1-2-4-8-6-10-5-3-7(8)9/h2H,1,3-6H2. The highest BCUT2D eigenvalue weighted by molar-refractivity contribution is 7.99. The maximum atomic E-state index is 11.0. The van der Waals surface area contributed by atoms with Crippen molar-refractivity contribution in [2.75, 3.05) is 18.2 Å². The van der Waals surface area contributed by atoms with Crippen LogP contribution in [0, 0.1) is 0 Å². The van der Waals surface area contributed by atoms with E-state index in [4.69, 9.17) is 0 Å². The smallest absolute Gasteiger partial charge is 0.224 e. The first-order valence-electron chi connectivity index (χ1n) is 3.31. The molecule has 0 unspecified atom stereocenters. The van der Waals surface area contributed by atoms with E-state index in [1.54, 1.807) is 17.8 Å². The molecule has 0 spiro atoms. The third kappa shape index (κ3) is 1.77. The quantitative estimate of drug-likeness (QED) is 0.559. The largest absolute Gasteiger partial charge is 0.330 e. The van der Waals surface area contributed by atoms with Gasteiger partial charge in [-0.2, -0.15) is 0 Å². The Bertz CT molecular complexity index is 147. The zero-order valence-electron chi connectivity index (χ0n) is 5.88. The van der Waals surface area contributed by atoms with E-state index in [9.17, 15) is 4.79 Å². The van der Waals surface area contributed by atoms with Gasteiger partial charge in [0.2, 0.25) is 5.91 Å². The fourth-order valence-corrected chi connectivity index (χ4v) is 1.79. The number of thioether (sulfide) groups is 1. The van der Waals surface area contributed by atoms with Crippen LogP contribution in [0.3, 0.4) is 0 Å². The molecule has 0 aliphatic carbocycles. The summed E-state index contributed by atoms with van der Waals surface area (Å²) in [6, 6.07) is 0. The van der Waals surface area contributed by atoms with Crippen LogP contribution in [0.25, 0.3) is 0 Å². The molecule has 10 heavy (non-hydrogen) atoms. The molecule has 1 aliphatic rings. The first kappa shape index (κ1) is 7.66. The Labute approximate surface area is 65.3 Å². The predicted molar refractivity (Wildman–Crippen MR) is 43.9 cm³/mol. The first-order valence-corrected chi connectivity index (χ1v) is 4.46. The second-order valence-corrected chi connectivity index (χ2v) is 3.27. The minimum absolute atomic E-state index is 0.263. The molecule has 56 valence electrons. The lowest BCUT2D eigenvalue weighted by Crippen LogP contribution is -2.34. The molecule has 3 heteroatoms. The highest BCUT2D eigenvalue weighted by Crippen LogP contribution is 2.13. The van der Waals surface area contributed by atoms with Crippen LogP contribution >= 0.6 is 11.8 Å². The van der Waals surface area contributed by atoms with E-state index in [1.807, 2.05) is 4.90 Å². The summed E-state index contributed by atoms with van der Waals surface area (Å²) in [5.41, 5.74) is 0. The van der Waals surface area contributed by atoms with Crippen LogP contribution in [0.15, 0.2) is 12.7 Å². The summed E-state index contributed by atoms with van der Waals surface area (Å²) >= 11 is 1.80. The highest BCUT2D eigenvalue weighted by Gasteiger charge is 2.15. The van der Waals surface area contributed by atoms with Gasteiger partial charge in [-0.15, -0.1) is 18.3 Å². The van der Waals surface area contributed by atoms with Gasteiger partial charge in [0, 0.05) is 18.7 Å². The molecule has 1 fully saturated rings. The van der Waals surface area contributed by atoms with Gasteiger partial charge in [0.1, 0.15) is 0 Å². The van der Waals surface area contributed by atoms with Gasteiger partial charge < -0.3 is 4.90 Å². The van der Waals surface area contributed by atoms with E-state index in [1.165, 1.54) is 0 Å². The third-order valence-electron chi connectivity index (χ3n) is 1.41. The molecule has 1 heterocycles. The van der Waals surface area contributed by atoms with Gasteiger partial charge in [0.15, 0.2) is 0 Å². The fourth-order valence-electron chi connectivity index (χ4n) is 0.875. The lowest BCUT2D eigenvalue weighted by Gasteiger charge is -2.24. The molecule has 0 bridgehead atoms. The van der Waals surface area contributed by atoms with Crippen molar-refractivity contribution in [1.29, 1.82) is 0 Å². The van der Waals surface area contributed by atoms with Crippen LogP contribution in [-0.4, -0.2) is 29.0 Å². The van der Waals surface area contributed by atoms with E-state index in [0.717, 1.165) is 11.6 Å². The maximum absolute atomic E-state index is 11.0. The van der Waals surface area contributed by atoms with Gasteiger partial charge in [-0.3, -0.25) is 4.79 Å². The predicted octanol–water partition coefficient (Wildman–Crippen LogP) is 1.10. The zero-order chi connectivity index (χ0) is 7.40. The zero-order valence-corrected chi connectivity index (χ0v) is 6.69. The molecule has 0 aromatic heterocycles. The number of carbonyl (C=O) groups excluding carboxylic acids is 1. The molecule has 0 N–H and O–H groups in total. The number of carbonyl (C=O) groups is 1. The Kier molecular flexibility index (Phi) is 2.81. The van der Waals surface area contributed by atoms with Crippen LogP contribution in [0.5, 0.6) is 0 Å². The number of nitrogens with zero attached hydrogens (tertiary/aromatic N) is 1. The Hall–Kier alpha value is -0.440. The van der Waals surface area contributed by atoms with Crippen LogP contribution < -0.4 is 0 Å². The number of hydrogen-bond acceptors (Lipinski definition) is 2. The molecule has 0 atom stereocenters. The minimum atomic E-state index is 0.263. The molecule has 0 aromatic carbocycles. The molecule has 0 saturated carbocycles. The van der Waals surface area contributed by atoms with E-state index in [2.05, 4.69) is 6.58 Å². The first-order chi connectivity index (χ1) is 4.84. The second kappa shape index (κ2) is 3.66. The Morgan fingerprint density at radius 3 is 3.20 bits per heavy atom. The summed E-state index contributed by atoms with van der Waals surface area (Å²) in [6.07, 6.45) is 2.46. The van der Waals surface area contributed by atoms with Gasteiger partial charge in [-0.05, 0) is 0 Å². The number of amides is 1. The van der Waals surface area contributed by atoms with E-state index < -0.39 is 0 Å². The van der Waals surface area contributed by atoms with Crippen molar-refractivity contribution >= 4 is 17.7 Å². The number of hydrogen-bond donors (Lipinski definition) is 0. The molecule has 0 radical (unpaired) electrons. The van der Waals surface area contributed by atoms with Crippen LogP contribution in [0.4, 0.5) is 0 Å². The number of rotatable bonds is 2. The summed E-state index contributed by atoms with van der Waals surface area (Å²) in [7, 11) is 0. The van der Waals surface area contributed by atoms with E-state index in [-0.39, 0.29) is 5.91 Å². The summed E-state index contributed by atoms with van der Waals surface area (Å²) in [4.78, 5) is 12.9. The van der Waals surface area contributed by atoms with Crippen molar-refractivity contribution in [3.05, 3.63) is 12.7 Å². The Balaban J connectivity index is 2.39. The Morgan fingerprint density at radius 2 is 2.60 bits per heavy atom. The lowest BCUT2D eigenvalue weighted by atomic mass is 10.4. The van der Waals surface area contributed by atoms with Crippen molar-refractivity contribution in [2.24, 2.45) is 0 Å². The minimum Gasteiger partial charge on any atom is -0.330 e. The molecule has 0 aromatic rings. The van der Waals surface area contributed by atoms with Crippen molar-refractivity contribution in [3.8, 4) is 0 Å². The molecular weight excluding hydrogens is 146 g/mol. The van der Waals surface area contributed by atoms with Gasteiger partial charge in [0.05, 0.1) is 5.88 Å². The summed E-state index contributed by atoms with van der Waals surface area (Å²) in [6.45, 7) is 4.29. The average molecular weight is 157 g/mol. The summed E-state index contributed by atoms with van der Waals surface area (Å²) in [5, 5.41) is 0. The van der Waals surface area contributed by atoms with Crippen LogP contribution in [0.2, 0.25) is 0 Å². The monoisotopic (exact) mass is 157 g/mol. The normalized spacial score (nSPS) is 19.2. The van der Waals surface area contributed by atoms with Gasteiger partial charge in [0.25, 0.3) is 0 Å². The van der Waals surface area contributed by atoms with Crippen molar-refractivity contribution in [1.82, 2.24) is 4.90 Å². The molecular formula is C7H11NOS. The maximum Gasteiger partial charge on any atom is 0.224 e.